The second-order valence-corrected chi connectivity index (χ2v) is 9.73. The number of halogens is 3. The highest BCUT2D eigenvalue weighted by Crippen LogP contribution is 2.36. The van der Waals surface area contributed by atoms with Crippen LogP contribution in [-0.4, -0.2) is 27.6 Å². The van der Waals surface area contributed by atoms with Crippen LogP contribution in [0.5, 0.6) is 0 Å². The smallest absolute Gasteiger partial charge is 0.254 e. The Morgan fingerprint density at radius 2 is 1.97 bits per heavy atom. The van der Waals surface area contributed by atoms with Crippen LogP contribution in [0.15, 0.2) is 47.1 Å². The predicted octanol–water partition coefficient (Wildman–Crippen LogP) is 5.03. The van der Waals surface area contributed by atoms with Crippen LogP contribution < -0.4 is 11.1 Å². The summed E-state index contributed by atoms with van der Waals surface area (Å²) in [5.41, 5.74) is 7.55. The summed E-state index contributed by atoms with van der Waals surface area (Å²) >= 11 is 3.18. The number of aliphatic hydroxyl groups is 1. The normalized spacial score (nSPS) is 18.3. The van der Waals surface area contributed by atoms with Crippen molar-refractivity contribution in [2.45, 2.75) is 37.6 Å². The van der Waals surface area contributed by atoms with E-state index in [0.717, 1.165) is 31.4 Å². The van der Waals surface area contributed by atoms with E-state index < -0.39 is 30.2 Å². The van der Waals surface area contributed by atoms with Gasteiger partial charge < -0.3 is 16.2 Å². The van der Waals surface area contributed by atoms with Crippen LogP contribution in [0, 0.1) is 28.9 Å². The third-order valence-corrected chi connectivity index (χ3v) is 6.87. The van der Waals surface area contributed by atoms with Crippen LogP contribution in [0.4, 0.5) is 14.6 Å². The Morgan fingerprint density at radius 1 is 1.22 bits per heavy atom. The largest absolute Gasteiger partial charge is 0.394 e. The van der Waals surface area contributed by atoms with Gasteiger partial charge in [0.15, 0.2) is 0 Å². The van der Waals surface area contributed by atoms with E-state index in [0.29, 0.717) is 21.3 Å². The van der Waals surface area contributed by atoms with Gasteiger partial charge in [-0.15, -0.1) is 0 Å². The fraction of sp³-hybridized carbons (Fsp3) is 0.308. The monoisotopic (exact) mass is 555 g/mol. The molecule has 1 heterocycles. The fourth-order valence-corrected chi connectivity index (χ4v) is 4.92. The van der Waals surface area contributed by atoms with E-state index in [1.165, 1.54) is 30.3 Å². The van der Waals surface area contributed by atoms with E-state index in [-0.39, 0.29) is 23.2 Å². The minimum absolute atomic E-state index is 0.0584. The van der Waals surface area contributed by atoms with Crippen LogP contribution >= 0.6 is 15.9 Å². The zero-order valence-corrected chi connectivity index (χ0v) is 20.8. The number of nitrogens with zero attached hydrogens (tertiary/aromatic N) is 3. The summed E-state index contributed by atoms with van der Waals surface area (Å²) in [5.74, 6) is -1.76. The number of nitrogen functional groups attached to an aromatic ring is 1. The highest BCUT2D eigenvalue weighted by molar-refractivity contribution is 9.10. The van der Waals surface area contributed by atoms with E-state index in [1.807, 2.05) is 0 Å². The first kappa shape index (κ1) is 25.7. The van der Waals surface area contributed by atoms with Crippen molar-refractivity contribution in [3.05, 3.63) is 75.5 Å². The predicted molar refractivity (Wildman–Crippen MR) is 134 cm³/mol. The lowest BCUT2D eigenvalue weighted by Gasteiger charge is -2.24. The molecule has 4 rings (SSSR count). The lowest BCUT2D eigenvalue weighted by molar-refractivity contribution is 0.0912. The third-order valence-electron chi connectivity index (χ3n) is 6.41. The van der Waals surface area contributed by atoms with Gasteiger partial charge in [0.25, 0.3) is 5.91 Å². The number of hydrogen-bond donors (Lipinski definition) is 3. The zero-order chi connectivity index (χ0) is 25.8. The molecule has 0 saturated heterocycles. The van der Waals surface area contributed by atoms with Crippen molar-refractivity contribution < 1.29 is 18.7 Å². The molecule has 4 N–H and O–H groups in total. The molecule has 3 aromatic rings. The summed E-state index contributed by atoms with van der Waals surface area (Å²) in [6, 6.07) is 9.38. The van der Waals surface area contributed by atoms with E-state index in [2.05, 4.69) is 37.3 Å². The molecule has 36 heavy (non-hydrogen) atoms. The number of carbonyl (C=O) groups excluding carboxylic acids is 1. The van der Waals surface area contributed by atoms with E-state index in [4.69, 9.17) is 11.0 Å². The van der Waals surface area contributed by atoms with Gasteiger partial charge in [0.1, 0.15) is 23.1 Å². The molecular weight excluding hydrogens is 532 g/mol. The van der Waals surface area contributed by atoms with E-state index >= 15 is 4.39 Å². The minimum Gasteiger partial charge on any atom is -0.394 e. The molecule has 0 spiro atoms. The summed E-state index contributed by atoms with van der Waals surface area (Å²) in [6.07, 6.45) is 4.84. The van der Waals surface area contributed by atoms with E-state index in [9.17, 15) is 14.3 Å². The standard InChI is InChI=1S/C26H24BrF2N5O2/c27-18-7-17(8-19(28)10-18)23(13-35)34-26(36)20-6-5-16(9-21(20)29)24-25(31)32-12-22(33-24)15-3-1-14(11-30)2-4-15/h5-10,12,14-15,23,35H,1-4,13H2,(H2,31,32)(H,34,36). The Bertz CT molecular complexity index is 1300. The number of aromatic nitrogens is 2. The van der Waals surface area contributed by atoms with Crippen molar-refractivity contribution in [1.29, 1.82) is 5.26 Å². The van der Waals surface area contributed by atoms with Crippen molar-refractivity contribution in [3.8, 4) is 17.3 Å². The molecule has 10 heteroatoms. The number of hydrogen-bond acceptors (Lipinski definition) is 6. The molecule has 0 radical (unpaired) electrons. The maximum atomic E-state index is 15.0. The third kappa shape index (κ3) is 5.69. The maximum absolute atomic E-state index is 15.0. The number of nitriles is 1. The van der Waals surface area contributed by atoms with Crippen molar-refractivity contribution in [1.82, 2.24) is 15.3 Å². The van der Waals surface area contributed by atoms with Gasteiger partial charge in [0.05, 0.1) is 36.2 Å². The molecule has 186 valence electrons. The summed E-state index contributed by atoms with van der Waals surface area (Å²) in [4.78, 5) is 21.6. The number of nitrogens with two attached hydrogens (primary N) is 1. The van der Waals surface area contributed by atoms with Crippen LogP contribution in [0.3, 0.4) is 0 Å². The van der Waals surface area contributed by atoms with Gasteiger partial charge in [-0.2, -0.15) is 5.26 Å². The zero-order valence-electron chi connectivity index (χ0n) is 19.2. The quantitative estimate of drug-likeness (QED) is 0.391. The molecule has 1 aliphatic carbocycles. The molecule has 1 aliphatic rings. The summed E-state index contributed by atoms with van der Waals surface area (Å²) < 4.78 is 29.2. The number of anilines is 1. The SMILES string of the molecule is N#CC1CCC(c2cnc(N)c(-c3ccc(C(=O)NC(CO)c4cc(F)cc(Br)c4)c(F)c3)n2)CC1. The average molecular weight is 556 g/mol. The van der Waals surface area contributed by atoms with Gasteiger partial charge in [0.2, 0.25) is 0 Å². The first-order valence-corrected chi connectivity index (χ1v) is 12.3. The summed E-state index contributed by atoms with van der Waals surface area (Å²) in [6.45, 7) is -0.503. The van der Waals surface area contributed by atoms with Gasteiger partial charge >= 0.3 is 0 Å². The summed E-state index contributed by atoms with van der Waals surface area (Å²) in [7, 11) is 0. The fourth-order valence-electron chi connectivity index (χ4n) is 4.43. The molecule has 0 aliphatic heterocycles. The number of nitrogens with one attached hydrogen (secondary N) is 1. The molecule has 1 saturated carbocycles. The van der Waals surface area contributed by atoms with Crippen LogP contribution in [0.1, 0.15) is 59.3 Å². The van der Waals surface area contributed by atoms with Gasteiger partial charge in [-0.1, -0.05) is 22.0 Å². The molecule has 1 amide bonds. The molecule has 2 aromatic carbocycles. The highest BCUT2D eigenvalue weighted by atomic mass is 79.9. The van der Waals surface area contributed by atoms with Crippen LogP contribution in [0.25, 0.3) is 11.3 Å². The molecular formula is C26H24BrF2N5O2. The van der Waals surface area contributed by atoms with E-state index in [1.54, 1.807) is 12.3 Å². The highest BCUT2D eigenvalue weighted by Gasteiger charge is 2.25. The molecule has 1 atom stereocenters. The Balaban J connectivity index is 1.54. The molecule has 1 aromatic heterocycles. The van der Waals surface area contributed by atoms with Crippen molar-refractivity contribution in [2.24, 2.45) is 5.92 Å². The van der Waals surface area contributed by atoms with Crippen molar-refractivity contribution in [2.75, 3.05) is 12.3 Å². The first-order chi connectivity index (χ1) is 17.3. The Labute approximate surface area is 215 Å². The second-order valence-electron chi connectivity index (χ2n) is 8.81. The van der Waals surface area contributed by atoms with Gasteiger partial charge in [-0.05, 0) is 61.6 Å². The van der Waals surface area contributed by atoms with Gasteiger partial charge in [-0.3, -0.25) is 4.79 Å². The molecule has 1 unspecified atom stereocenters. The number of carbonyl (C=O) groups is 1. The lowest BCUT2D eigenvalue weighted by atomic mass is 9.81. The number of aliphatic hydroxyl groups excluding tert-OH is 1. The minimum atomic E-state index is -0.933. The van der Waals surface area contributed by atoms with Crippen LogP contribution in [0.2, 0.25) is 0 Å². The Hall–Kier alpha value is -3.42. The molecule has 1 fully saturated rings. The Morgan fingerprint density at radius 3 is 2.61 bits per heavy atom. The van der Waals surface area contributed by atoms with Crippen molar-refractivity contribution in [3.63, 3.8) is 0 Å². The first-order valence-electron chi connectivity index (χ1n) is 11.5. The Kier molecular flexibility index (Phi) is 7.91. The number of amides is 1. The molecule has 7 nitrogen and oxygen atoms in total. The summed E-state index contributed by atoms with van der Waals surface area (Å²) in [5, 5.41) is 21.4. The van der Waals surface area contributed by atoms with Gasteiger partial charge in [-0.25, -0.2) is 18.7 Å². The topological polar surface area (TPSA) is 125 Å². The average Bonchev–Trinajstić information content (AvgIpc) is 2.86. The lowest BCUT2D eigenvalue weighted by Crippen LogP contribution is -2.31. The van der Waals surface area contributed by atoms with Crippen LogP contribution in [-0.2, 0) is 0 Å². The number of benzene rings is 2. The van der Waals surface area contributed by atoms with Crippen molar-refractivity contribution >= 4 is 27.7 Å². The van der Waals surface area contributed by atoms with Gasteiger partial charge in [0, 0.05) is 21.9 Å². The number of rotatable bonds is 6. The molecule has 0 bridgehead atoms. The maximum Gasteiger partial charge on any atom is 0.254 e. The second kappa shape index (κ2) is 11.1.